The molecule has 1 aromatic carbocycles. The number of anilines is 1. The van der Waals surface area contributed by atoms with Crippen LogP contribution < -0.4 is 10.2 Å². The first-order chi connectivity index (χ1) is 16.0. The van der Waals surface area contributed by atoms with Gasteiger partial charge >= 0.3 is 0 Å². The maximum Gasteiger partial charge on any atom is 0.290 e. The highest BCUT2D eigenvalue weighted by molar-refractivity contribution is 8.18. The number of pyridine rings is 1. The predicted octanol–water partition coefficient (Wildman–Crippen LogP) is 3.32. The number of nitrogens with one attached hydrogen (secondary N) is 1. The number of benzene rings is 1. The van der Waals surface area contributed by atoms with Crippen LogP contribution in [0.4, 0.5) is 10.5 Å². The van der Waals surface area contributed by atoms with Crippen LogP contribution in [-0.4, -0.2) is 68.7 Å². The van der Waals surface area contributed by atoms with E-state index in [4.69, 9.17) is 11.6 Å². The maximum absolute atomic E-state index is 11.8. The lowest BCUT2D eigenvalue weighted by atomic mass is 10.2. The number of rotatable bonds is 5. The standard InChI is InChI=1S/C22H22ClN7O2S/c1-2-7-28-8-10-29(11-9-28)18-6-4-15(13-16(18)23)30-20-17(26-27-30)5-3-14(24-20)12-19-21(31)25-22(32)33-19/h3-6,12-13H,2,7-11H2,1H3,(H,25,31,32). The molecular weight excluding hydrogens is 462 g/mol. The number of carbonyl (C=O) groups is 2. The van der Waals surface area contributed by atoms with Crippen LogP contribution in [0.15, 0.2) is 35.2 Å². The summed E-state index contributed by atoms with van der Waals surface area (Å²) >= 11 is 7.53. The van der Waals surface area contributed by atoms with Crippen LogP contribution in [0.25, 0.3) is 22.9 Å². The Morgan fingerprint density at radius 3 is 2.67 bits per heavy atom. The number of amides is 2. The van der Waals surface area contributed by atoms with Crippen molar-refractivity contribution < 1.29 is 9.59 Å². The molecule has 0 atom stereocenters. The Morgan fingerprint density at radius 2 is 1.97 bits per heavy atom. The molecule has 4 heterocycles. The van der Waals surface area contributed by atoms with Gasteiger partial charge in [0.25, 0.3) is 11.1 Å². The summed E-state index contributed by atoms with van der Waals surface area (Å²) in [4.78, 5) is 32.9. The van der Waals surface area contributed by atoms with Gasteiger partial charge in [-0.25, -0.2) is 4.98 Å². The lowest BCUT2D eigenvalue weighted by Gasteiger charge is -2.36. The topological polar surface area (TPSA) is 96.2 Å². The highest BCUT2D eigenvalue weighted by Crippen LogP contribution is 2.30. The molecule has 0 aliphatic carbocycles. The zero-order valence-corrected chi connectivity index (χ0v) is 19.6. The molecule has 0 spiro atoms. The van der Waals surface area contributed by atoms with Crippen LogP contribution in [0.5, 0.6) is 0 Å². The molecule has 3 aromatic rings. The minimum Gasteiger partial charge on any atom is -0.368 e. The first kappa shape index (κ1) is 21.9. The van der Waals surface area contributed by atoms with Gasteiger partial charge in [0.15, 0.2) is 5.65 Å². The zero-order valence-electron chi connectivity index (χ0n) is 18.0. The van der Waals surface area contributed by atoms with Gasteiger partial charge < -0.3 is 4.90 Å². The van der Waals surface area contributed by atoms with Crippen molar-refractivity contribution in [3.63, 3.8) is 0 Å². The lowest BCUT2D eigenvalue weighted by Crippen LogP contribution is -2.46. The molecule has 2 fully saturated rings. The molecule has 1 N–H and O–H groups in total. The molecule has 0 unspecified atom stereocenters. The van der Waals surface area contributed by atoms with Gasteiger partial charge in [-0.3, -0.25) is 19.8 Å². The molecular formula is C22H22ClN7O2S. The summed E-state index contributed by atoms with van der Waals surface area (Å²) < 4.78 is 1.62. The number of thioether (sulfide) groups is 1. The normalized spacial score (nSPS) is 18.5. The van der Waals surface area contributed by atoms with Gasteiger partial charge in [-0.2, -0.15) is 4.68 Å². The van der Waals surface area contributed by atoms with Gasteiger partial charge in [-0.1, -0.05) is 23.7 Å². The third kappa shape index (κ3) is 4.46. The number of hydrogen-bond acceptors (Lipinski definition) is 8. The SMILES string of the molecule is CCCN1CCN(c2ccc(-n3nnc4ccc(C=C5SC(=O)NC5=O)nc43)cc2Cl)CC1. The Bertz CT molecular complexity index is 1270. The summed E-state index contributed by atoms with van der Waals surface area (Å²) in [5.41, 5.74) is 3.44. The third-order valence-corrected chi connectivity index (χ3v) is 6.78. The van der Waals surface area contributed by atoms with Crippen molar-refractivity contribution in [3.8, 4) is 5.69 Å². The smallest absolute Gasteiger partial charge is 0.290 e. The summed E-state index contributed by atoms with van der Waals surface area (Å²) in [6.07, 6.45) is 2.74. The van der Waals surface area contributed by atoms with E-state index in [1.807, 2.05) is 18.2 Å². The molecule has 0 saturated carbocycles. The molecule has 2 saturated heterocycles. The van der Waals surface area contributed by atoms with Crippen LogP contribution in [0.1, 0.15) is 19.0 Å². The Hall–Kier alpha value is -2.95. The molecule has 170 valence electrons. The van der Waals surface area contributed by atoms with Crippen LogP contribution in [0.3, 0.4) is 0 Å². The largest absolute Gasteiger partial charge is 0.368 e. The minimum atomic E-state index is -0.420. The number of fused-ring (bicyclic) bond motifs is 1. The number of imide groups is 1. The number of hydrogen-bond donors (Lipinski definition) is 1. The fourth-order valence-corrected chi connectivity index (χ4v) is 5.01. The Labute approximate surface area is 199 Å². The number of nitrogens with zero attached hydrogens (tertiary/aromatic N) is 6. The fraction of sp³-hybridized carbons (Fsp3) is 0.318. The number of halogens is 1. The highest BCUT2D eigenvalue weighted by atomic mass is 35.5. The van der Waals surface area contributed by atoms with E-state index in [2.05, 4.69) is 37.3 Å². The second-order valence-corrected chi connectivity index (χ2v) is 9.32. The Morgan fingerprint density at radius 1 is 1.15 bits per heavy atom. The summed E-state index contributed by atoms with van der Waals surface area (Å²) in [5, 5.41) is 10.9. The predicted molar refractivity (Wildman–Crippen MR) is 130 cm³/mol. The van der Waals surface area contributed by atoms with E-state index in [9.17, 15) is 9.59 Å². The van der Waals surface area contributed by atoms with Crippen molar-refractivity contribution in [3.05, 3.63) is 46.0 Å². The summed E-state index contributed by atoms with van der Waals surface area (Å²) in [6, 6.07) is 9.36. The molecule has 33 heavy (non-hydrogen) atoms. The van der Waals surface area contributed by atoms with Crippen LogP contribution in [0, 0.1) is 0 Å². The molecule has 5 rings (SSSR count). The number of carbonyl (C=O) groups excluding carboxylic acids is 2. The van der Waals surface area contributed by atoms with Crippen molar-refractivity contribution in [1.29, 1.82) is 0 Å². The molecule has 0 bridgehead atoms. The molecule has 2 aliphatic heterocycles. The van der Waals surface area contributed by atoms with Gasteiger partial charge in [0.05, 0.1) is 27.0 Å². The summed E-state index contributed by atoms with van der Waals surface area (Å²) in [7, 11) is 0. The van der Waals surface area contributed by atoms with E-state index in [1.165, 1.54) is 6.42 Å². The monoisotopic (exact) mass is 483 g/mol. The molecule has 2 amide bonds. The number of piperazine rings is 1. The van der Waals surface area contributed by atoms with Gasteiger partial charge in [-0.15, -0.1) is 5.10 Å². The molecule has 0 radical (unpaired) electrons. The van der Waals surface area contributed by atoms with E-state index < -0.39 is 5.91 Å². The average molecular weight is 484 g/mol. The van der Waals surface area contributed by atoms with Crippen LogP contribution in [-0.2, 0) is 4.79 Å². The second kappa shape index (κ2) is 9.12. The summed E-state index contributed by atoms with van der Waals surface area (Å²) in [5.74, 6) is -0.420. The average Bonchev–Trinajstić information content (AvgIpc) is 3.36. The molecule has 2 aliphatic rings. The number of aromatic nitrogens is 4. The van der Waals surface area contributed by atoms with Gasteiger partial charge in [0.1, 0.15) is 5.52 Å². The minimum absolute atomic E-state index is 0.303. The molecule has 9 nitrogen and oxygen atoms in total. The summed E-state index contributed by atoms with van der Waals surface area (Å²) in [6.45, 7) is 7.28. The Balaban J connectivity index is 1.41. The Kier molecular flexibility index (Phi) is 6.05. The van der Waals surface area contributed by atoms with E-state index in [-0.39, 0.29) is 5.24 Å². The fourth-order valence-electron chi connectivity index (χ4n) is 4.05. The quantitative estimate of drug-likeness (QED) is 0.552. The van der Waals surface area contributed by atoms with E-state index in [1.54, 1.807) is 22.9 Å². The van der Waals surface area contributed by atoms with E-state index >= 15 is 0 Å². The van der Waals surface area contributed by atoms with Crippen LogP contribution >= 0.6 is 23.4 Å². The molecule has 2 aromatic heterocycles. The third-order valence-electron chi connectivity index (χ3n) is 5.67. The zero-order chi connectivity index (χ0) is 22.9. The van der Waals surface area contributed by atoms with E-state index in [0.717, 1.165) is 55.9 Å². The van der Waals surface area contributed by atoms with Crippen LogP contribution in [0.2, 0.25) is 5.02 Å². The maximum atomic E-state index is 11.8. The lowest BCUT2D eigenvalue weighted by molar-refractivity contribution is -0.115. The second-order valence-electron chi connectivity index (χ2n) is 7.90. The van der Waals surface area contributed by atoms with Crippen molar-refractivity contribution in [2.45, 2.75) is 13.3 Å². The van der Waals surface area contributed by atoms with Gasteiger partial charge in [-0.05, 0) is 61.1 Å². The van der Waals surface area contributed by atoms with Crippen molar-refractivity contribution in [1.82, 2.24) is 30.2 Å². The van der Waals surface area contributed by atoms with Crippen molar-refractivity contribution >= 4 is 57.4 Å². The van der Waals surface area contributed by atoms with Crippen molar-refractivity contribution in [2.24, 2.45) is 0 Å². The molecule has 11 heteroatoms. The first-order valence-electron chi connectivity index (χ1n) is 10.8. The van der Waals surface area contributed by atoms with Gasteiger partial charge in [0, 0.05) is 26.2 Å². The van der Waals surface area contributed by atoms with Gasteiger partial charge in [0.2, 0.25) is 0 Å². The van der Waals surface area contributed by atoms with Crippen molar-refractivity contribution in [2.75, 3.05) is 37.6 Å². The van der Waals surface area contributed by atoms with E-state index in [0.29, 0.717) is 26.8 Å². The first-order valence-corrected chi connectivity index (χ1v) is 12.0. The highest BCUT2D eigenvalue weighted by Gasteiger charge is 2.25.